The Morgan fingerprint density at radius 1 is 1.22 bits per heavy atom. The third-order valence-electron chi connectivity index (χ3n) is 7.31. The maximum Gasteiger partial charge on any atom is 0.252 e. The molecule has 2 aliphatic carbocycles. The van der Waals surface area contributed by atoms with Crippen molar-refractivity contribution < 1.29 is 9.59 Å². The van der Waals surface area contributed by atoms with Gasteiger partial charge in [-0.15, -0.1) is 0 Å². The summed E-state index contributed by atoms with van der Waals surface area (Å²) in [5, 5.41) is 4.55. The number of hydrogen-bond donors (Lipinski definition) is 2. The minimum absolute atomic E-state index is 0.0617. The highest BCUT2D eigenvalue weighted by Gasteiger charge is 2.37. The zero-order chi connectivity index (χ0) is 29.8. The Morgan fingerprint density at radius 3 is 2.63 bits per heavy atom. The Labute approximate surface area is 250 Å². The van der Waals surface area contributed by atoms with Crippen LogP contribution in [-0.2, 0) is 4.79 Å². The molecule has 3 N–H and O–H groups in total. The summed E-state index contributed by atoms with van der Waals surface area (Å²) in [5.41, 5.74) is 8.89. The SMILES string of the molecule is C/C=C\C(C=O)=C/C1=CC1(N)CCC=NCCC1CCC(NC(=O)c2ccc(Cl)c3ncccc23)CC1.CC(C)C. The van der Waals surface area contributed by atoms with Crippen molar-refractivity contribution in [2.24, 2.45) is 22.6 Å². The minimum Gasteiger partial charge on any atom is -0.349 e. The van der Waals surface area contributed by atoms with E-state index >= 15 is 0 Å². The number of aromatic nitrogens is 1. The summed E-state index contributed by atoms with van der Waals surface area (Å²) in [7, 11) is 0. The predicted molar refractivity (Wildman–Crippen MR) is 172 cm³/mol. The highest BCUT2D eigenvalue weighted by Crippen LogP contribution is 2.37. The summed E-state index contributed by atoms with van der Waals surface area (Å²) in [6, 6.07) is 7.42. The van der Waals surface area contributed by atoms with Gasteiger partial charge in [0.1, 0.15) is 6.29 Å². The number of nitrogens with zero attached hydrogens (tertiary/aromatic N) is 2. The summed E-state index contributed by atoms with van der Waals surface area (Å²) < 4.78 is 0. The largest absolute Gasteiger partial charge is 0.349 e. The van der Waals surface area contributed by atoms with Crippen LogP contribution in [0.3, 0.4) is 0 Å². The lowest BCUT2D eigenvalue weighted by Gasteiger charge is -2.29. The second kappa shape index (κ2) is 15.8. The van der Waals surface area contributed by atoms with Gasteiger partial charge >= 0.3 is 0 Å². The van der Waals surface area contributed by atoms with Gasteiger partial charge in [-0.05, 0) is 99.8 Å². The molecule has 1 fully saturated rings. The molecule has 4 rings (SSSR count). The number of aliphatic imine (C=N–C) groups is 1. The van der Waals surface area contributed by atoms with Crippen LogP contribution in [0.15, 0.2) is 70.9 Å². The molecule has 1 aromatic heterocycles. The van der Waals surface area contributed by atoms with E-state index in [1.807, 2.05) is 43.5 Å². The molecule has 1 atom stereocenters. The first-order valence-electron chi connectivity index (χ1n) is 14.8. The fraction of sp³-hybridized carbons (Fsp3) is 0.471. The third kappa shape index (κ3) is 10.0. The number of hydrogen-bond acceptors (Lipinski definition) is 5. The highest BCUT2D eigenvalue weighted by atomic mass is 35.5. The smallest absolute Gasteiger partial charge is 0.252 e. The van der Waals surface area contributed by atoms with E-state index < -0.39 is 5.54 Å². The molecule has 41 heavy (non-hydrogen) atoms. The van der Waals surface area contributed by atoms with Gasteiger partial charge in [0.15, 0.2) is 0 Å². The number of nitrogens with one attached hydrogen (secondary N) is 1. The van der Waals surface area contributed by atoms with Crippen molar-refractivity contribution in [2.75, 3.05) is 6.54 Å². The molecular weight excluding hydrogens is 532 g/mol. The molecule has 0 saturated heterocycles. The molecule has 7 heteroatoms. The molecule has 1 heterocycles. The van der Waals surface area contributed by atoms with Crippen LogP contribution in [-0.4, -0.2) is 41.5 Å². The quantitative estimate of drug-likeness (QED) is 0.126. The van der Waals surface area contributed by atoms with Gasteiger partial charge in [0.2, 0.25) is 0 Å². The van der Waals surface area contributed by atoms with Crippen molar-refractivity contribution in [3.63, 3.8) is 0 Å². The maximum atomic E-state index is 12.9. The van der Waals surface area contributed by atoms with Crippen LogP contribution in [0, 0.1) is 11.8 Å². The fourth-order valence-electron chi connectivity index (χ4n) is 5.07. The zero-order valence-electron chi connectivity index (χ0n) is 24.9. The van der Waals surface area contributed by atoms with E-state index in [1.54, 1.807) is 24.4 Å². The van der Waals surface area contributed by atoms with Crippen LogP contribution >= 0.6 is 11.6 Å². The van der Waals surface area contributed by atoms with E-state index in [2.05, 4.69) is 36.1 Å². The van der Waals surface area contributed by atoms with Gasteiger partial charge in [0.25, 0.3) is 5.91 Å². The third-order valence-corrected chi connectivity index (χ3v) is 7.62. The first kappa shape index (κ1) is 32.4. The van der Waals surface area contributed by atoms with Crippen molar-refractivity contribution in [3.8, 4) is 0 Å². The predicted octanol–water partition coefficient (Wildman–Crippen LogP) is 7.42. The van der Waals surface area contributed by atoms with E-state index in [1.165, 1.54) is 0 Å². The Hall–Kier alpha value is -3.09. The molecule has 6 nitrogen and oxygen atoms in total. The summed E-state index contributed by atoms with van der Waals surface area (Å²) in [4.78, 5) is 32.9. The van der Waals surface area contributed by atoms with Crippen molar-refractivity contribution in [1.82, 2.24) is 10.3 Å². The molecule has 2 aromatic rings. The molecular formula is C34H45ClN4O2. The van der Waals surface area contributed by atoms with E-state index in [4.69, 9.17) is 17.3 Å². The van der Waals surface area contributed by atoms with Gasteiger partial charge in [-0.2, -0.15) is 0 Å². The van der Waals surface area contributed by atoms with Gasteiger partial charge < -0.3 is 11.1 Å². The highest BCUT2D eigenvalue weighted by molar-refractivity contribution is 6.35. The van der Waals surface area contributed by atoms with Crippen molar-refractivity contribution in [3.05, 3.63) is 76.5 Å². The van der Waals surface area contributed by atoms with Crippen molar-refractivity contribution in [1.29, 1.82) is 0 Å². The van der Waals surface area contributed by atoms with Crippen molar-refractivity contribution >= 4 is 40.9 Å². The molecule has 1 aromatic carbocycles. The van der Waals surface area contributed by atoms with Gasteiger partial charge in [-0.25, -0.2) is 0 Å². The fourth-order valence-corrected chi connectivity index (χ4v) is 5.28. The lowest BCUT2D eigenvalue weighted by Crippen LogP contribution is -2.37. The molecule has 0 bridgehead atoms. The lowest BCUT2D eigenvalue weighted by atomic mass is 9.84. The number of fused-ring (bicyclic) bond motifs is 1. The Kier molecular flexibility index (Phi) is 12.5. The molecule has 0 radical (unpaired) electrons. The zero-order valence-corrected chi connectivity index (χ0v) is 25.7. The maximum absolute atomic E-state index is 12.9. The molecule has 2 aliphatic rings. The molecule has 1 saturated carbocycles. The number of carbonyl (C=O) groups is 2. The molecule has 1 unspecified atom stereocenters. The van der Waals surface area contributed by atoms with Crippen LogP contribution in [0.2, 0.25) is 5.02 Å². The van der Waals surface area contributed by atoms with Crippen LogP contribution in [0.4, 0.5) is 0 Å². The Bertz CT molecular complexity index is 1300. The summed E-state index contributed by atoms with van der Waals surface area (Å²) in [6.45, 7) is 9.20. The first-order valence-corrected chi connectivity index (χ1v) is 15.2. The lowest BCUT2D eigenvalue weighted by molar-refractivity contribution is -0.104. The van der Waals surface area contributed by atoms with Gasteiger partial charge in [-0.1, -0.05) is 56.7 Å². The average molecular weight is 577 g/mol. The number of pyridine rings is 1. The topological polar surface area (TPSA) is 97.4 Å². The number of carbonyl (C=O) groups excluding carboxylic acids is 2. The summed E-state index contributed by atoms with van der Waals surface area (Å²) in [5.74, 6) is 1.41. The van der Waals surface area contributed by atoms with Gasteiger partial charge in [-0.3, -0.25) is 19.6 Å². The van der Waals surface area contributed by atoms with E-state index in [0.717, 1.165) is 74.7 Å². The Morgan fingerprint density at radius 2 is 1.95 bits per heavy atom. The number of rotatable bonds is 11. The second-order valence-corrected chi connectivity index (χ2v) is 12.1. The number of amides is 1. The number of halogens is 1. The van der Waals surface area contributed by atoms with Crippen molar-refractivity contribution in [2.45, 2.75) is 84.2 Å². The van der Waals surface area contributed by atoms with Gasteiger partial charge in [0.05, 0.1) is 16.1 Å². The summed E-state index contributed by atoms with van der Waals surface area (Å²) in [6.07, 6.45) is 18.9. The number of benzene rings is 1. The van der Waals surface area contributed by atoms with Crippen LogP contribution in [0.1, 0.15) is 83.0 Å². The summed E-state index contributed by atoms with van der Waals surface area (Å²) >= 11 is 6.24. The normalized spacial score (nSPS) is 22.5. The van der Waals surface area contributed by atoms with Crippen LogP contribution < -0.4 is 11.1 Å². The number of nitrogens with two attached hydrogens (primary N) is 1. The second-order valence-electron chi connectivity index (χ2n) is 11.7. The standard InChI is InChI=1S/C30H35ClN4O2.C4H10/c1-2-5-22(20-36)18-23-19-30(23,32)14-4-15-33-17-13-21-7-9-24(10-8-21)35-29(37)26-11-12-27(31)28-25(26)6-3-16-34-28;1-4(2)3/h2-3,5-6,11-12,15-16,18-21,24H,4,7-10,13-14,17,32H2,1H3,(H,35,37);4H,1-3H3/b5-2-,22-18+,33-15?;. The Balaban J connectivity index is 0.00000108. The average Bonchev–Trinajstić information content (AvgIpc) is 3.59. The monoisotopic (exact) mass is 576 g/mol. The molecule has 0 aliphatic heterocycles. The minimum atomic E-state index is -0.403. The van der Waals surface area contributed by atoms with Crippen LogP contribution in [0.25, 0.3) is 10.9 Å². The van der Waals surface area contributed by atoms with E-state index in [-0.39, 0.29) is 11.9 Å². The first-order chi connectivity index (χ1) is 19.7. The van der Waals surface area contributed by atoms with E-state index in [9.17, 15) is 9.59 Å². The van der Waals surface area contributed by atoms with Crippen LogP contribution in [0.5, 0.6) is 0 Å². The molecule has 220 valence electrons. The van der Waals surface area contributed by atoms with E-state index in [0.29, 0.717) is 27.6 Å². The number of allylic oxidation sites excluding steroid dienone is 3. The van der Waals surface area contributed by atoms with Gasteiger partial charge in [0, 0.05) is 35.3 Å². The number of aldehydes is 1. The molecule has 0 spiro atoms. The molecule has 1 amide bonds.